The van der Waals surface area contributed by atoms with Crippen molar-refractivity contribution in [2.24, 2.45) is 10.4 Å². The van der Waals surface area contributed by atoms with Crippen LogP contribution in [0.15, 0.2) is 47.5 Å². The number of piperazine rings is 1. The number of amidine groups is 1. The van der Waals surface area contributed by atoms with Crippen LogP contribution in [0.4, 0.5) is 10.5 Å². The highest BCUT2D eigenvalue weighted by atomic mass is 35.5. The number of nitrogens with zero attached hydrogens (tertiary/aromatic N) is 3. The van der Waals surface area contributed by atoms with Crippen LogP contribution in [0, 0.1) is 5.41 Å². The molecule has 2 aliphatic heterocycles. The predicted octanol–water partition coefficient (Wildman–Crippen LogP) is 6.56. The number of aliphatic hydroxyl groups is 1. The molecule has 228 valence electrons. The maximum Gasteiger partial charge on any atom is 0.410 e. The fourth-order valence-corrected chi connectivity index (χ4v) is 5.45. The van der Waals surface area contributed by atoms with Gasteiger partial charge in [-0.2, -0.15) is 0 Å². The summed E-state index contributed by atoms with van der Waals surface area (Å²) in [6.45, 7) is 15.1. The largest absolute Gasteiger partial charge is 0.462 e. The summed E-state index contributed by atoms with van der Waals surface area (Å²) in [7, 11) is 0. The standard InChI is InChI=1S/C32H42ClN3O6/c1-20(18-31(5,6)39)40-28(37)32(7,8)26-19-35(15-16-36(26)29(38)42-30(2,3)4)27-22-11-9-10-12-24(22)41-25-14-13-21(33)17-23(25)34-27/h9-14,17,20,26,39H,15-16,18-19H2,1-8H3/t20-,26-/m1/s1. The third-order valence-corrected chi connectivity index (χ3v) is 7.49. The van der Waals surface area contributed by atoms with Crippen LogP contribution in [-0.4, -0.2) is 75.8 Å². The van der Waals surface area contributed by atoms with Crippen LogP contribution in [0.3, 0.4) is 0 Å². The number of carbonyl (C=O) groups is 2. The normalized spacial score (nSPS) is 18.1. The van der Waals surface area contributed by atoms with Gasteiger partial charge in [-0.3, -0.25) is 4.79 Å². The summed E-state index contributed by atoms with van der Waals surface area (Å²) in [4.78, 5) is 35.8. The average Bonchev–Trinajstić information content (AvgIpc) is 3.02. The third-order valence-electron chi connectivity index (χ3n) is 7.26. The van der Waals surface area contributed by atoms with Gasteiger partial charge in [0.05, 0.1) is 22.6 Å². The molecule has 0 radical (unpaired) electrons. The van der Waals surface area contributed by atoms with Gasteiger partial charge in [0.2, 0.25) is 0 Å². The second kappa shape index (κ2) is 11.8. The molecular formula is C32H42ClN3O6. The van der Waals surface area contributed by atoms with Crippen molar-refractivity contribution in [3.8, 4) is 11.5 Å². The van der Waals surface area contributed by atoms with Gasteiger partial charge in [-0.1, -0.05) is 23.7 Å². The number of benzene rings is 2. The first-order valence-electron chi connectivity index (χ1n) is 14.3. The fraction of sp³-hybridized carbons (Fsp3) is 0.531. The van der Waals surface area contributed by atoms with Crippen LogP contribution in [-0.2, 0) is 14.3 Å². The van der Waals surface area contributed by atoms with Crippen LogP contribution < -0.4 is 4.74 Å². The lowest BCUT2D eigenvalue weighted by atomic mass is 9.81. The van der Waals surface area contributed by atoms with Gasteiger partial charge in [0.1, 0.15) is 29.0 Å². The Morgan fingerprint density at radius 2 is 1.76 bits per heavy atom. The van der Waals surface area contributed by atoms with Crippen molar-refractivity contribution in [2.45, 2.75) is 85.2 Å². The molecule has 0 aliphatic carbocycles. The predicted molar refractivity (Wildman–Crippen MR) is 163 cm³/mol. The molecule has 42 heavy (non-hydrogen) atoms. The molecule has 0 saturated carbocycles. The molecule has 0 bridgehead atoms. The first-order chi connectivity index (χ1) is 19.4. The molecule has 2 aliphatic rings. The van der Waals surface area contributed by atoms with Crippen LogP contribution in [0.1, 0.15) is 67.4 Å². The van der Waals surface area contributed by atoms with Crippen LogP contribution >= 0.6 is 11.6 Å². The molecule has 2 heterocycles. The van der Waals surface area contributed by atoms with Gasteiger partial charge in [-0.15, -0.1) is 0 Å². The van der Waals surface area contributed by atoms with E-state index in [0.29, 0.717) is 41.1 Å². The summed E-state index contributed by atoms with van der Waals surface area (Å²) in [6, 6.07) is 12.3. The Balaban J connectivity index is 1.72. The van der Waals surface area contributed by atoms with E-state index in [1.54, 1.807) is 57.7 Å². The van der Waals surface area contributed by atoms with E-state index in [9.17, 15) is 14.7 Å². The summed E-state index contributed by atoms with van der Waals surface area (Å²) in [5, 5.41) is 10.8. The summed E-state index contributed by atoms with van der Waals surface area (Å²) >= 11 is 6.32. The monoisotopic (exact) mass is 599 g/mol. The van der Waals surface area contributed by atoms with Crippen molar-refractivity contribution in [2.75, 3.05) is 19.6 Å². The molecule has 2 atom stereocenters. The molecule has 2 aromatic carbocycles. The van der Waals surface area contributed by atoms with Crippen molar-refractivity contribution in [1.82, 2.24) is 9.80 Å². The van der Waals surface area contributed by atoms with E-state index in [1.165, 1.54) is 0 Å². The Hall–Kier alpha value is -3.30. The number of halogens is 1. The zero-order chi connectivity index (χ0) is 31.0. The minimum absolute atomic E-state index is 0.275. The van der Waals surface area contributed by atoms with Gasteiger partial charge in [-0.25, -0.2) is 9.79 Å². The number of hydrogen-bond donors (Lipinski definition) is 1. The van der Waals surface area contributed by atoms with Crippen molar-refractivity contribution in [3.63, 3.8) is 0 Å². The van der Waals surface area contributed by atoms with Crippen molar-refractivity contribution in [3.05, 3.63) is 53.1 Å². The molecule has 0 aromatic heterocycles. The van der Waals surface area contributed by atoms with Gasteiger partial charge in [0.25, 0.3) is 0 Å². The molecule has 0 unspecified atom stereocenters. The Morgan fingerprint density at radius 1 is 1.07 bits per heavy atom. The number of rotatable bonds is 5. The Bertz CT molecular complexity index is 1360. The van der Waals surface area contributed by atoms with Crippen molar-refractivity contribution < 1.29 is 28.9 Å². The topological polar surface area (TPSA) is 101 Å². The number of carbonyl (C=O) groups excluding carboxylic acids is 2. The van der Waals surface area contributed by atoms with E-state index in [1.807, 2.05) is 45.0 Å². The zero-order valence-electron chi connectivity index (χ0n) is 25.7. The maximum absolute atomic E-state index is 13.7. The number of amides is 1. The zero-order valence-corrected chi connectivity index (χ0v) is 26.5. The lowest BCUT2D eigenvalue weighted by molar-refractivity contribution is -0.166. The first-order valence-corrected chi connectivity index (χ1v) is 14.7. The van der Waals surface area contributed by atoms with Gasteiger partial charge in [0, 0.05) is 31.1 Å². The highest BCUT2D eigenvalue weighted by Crippen LogP contribution is 2.40. The molecule has 0 spiro atoms. The number of ether oxygens (including phenoxy) is 3. The van der Waals surface area contributed by atoms with E-state index in [2.05, 4.69) is 4.90 Å². The highest BCUT2D eigenvalue weighted by molar-refractivity contribution is 6.31. The average molecular weight is 600 g/mol. The Kier molecular flexibility index (Phi) is 8.86. The number of para-hydroxylation sites is 1. The molecule has 1 saturated heterocycles. The van der Waals surface area contributed by atoms with Gasteiger partial charge in [-0.05, 0) is 85.7 Å². The van der Waals surface area contributed by atoms with Gasteiger partial charge < -0.3 is 29.1 Å². The lowest BCUT2D eigenvalue weighted by Crippen LogP contribution is -2.63. The quantitative estimate of drug-likeness (QED) is 0.388. The SMILES string of the molecule is C[C@H](CC(C)(C)O)OC(=O)C(C)(C)[C@H]1CN(C2=Nc3cc(Cl)ccc3Oc3ccccc32)CCN1C(=O)OC(C)(C)C. The highest BCUT2D eigenvalue weighted by Gasteiger charge is 2.48. The molecule has 4 rings (SSSR count). The number of fused-ring (bicyclic) bond motifs is 2. The Labute approximate surface area is 253 Å². The first kappa shape index (κ1) is 31.6. The Morgan fingerprint density at radius 3 is 2.43 bits per heavy atom. The van der Waals surface area contributed by atoms with Crippen LogP contribution in [0.2, 0.25) is 5.02 Å². The molecule has 2 aromatic rings. The van der Waals surface area contributed by atoms with E-state index < -0.39 is 40.8 Å². The van der Waals surface area contributed by atoms with E-state index in [4.69, 9.17) is 30.8 Å². The molecule has 9 nitrogen and oxygen atoms in total. The summed E-state index contributed by atoms with van der Waals surface area (Å²) in [6.07, 6.45) is -0.749. The van der Waals surface area contributed by atoms with E-state index >= 15 is 0 Å². The van der Waals surface area contributed by atoms with E-state index in [0.717, 1.165) is 5.56 Å². The minimum atomic E-state index is -1.13. The number of esters is 1. The summed E-state index contributed by atoms with van der Waals surface area (Å²) < 4.78 is 17.8. The number of aliphatic imine (C=N–C) groups is 1. The molecule has 1 fully saturated rings. The smallest absolute Gasteiger partial charge is 0.410 e. The molecular weight excluding hydrogens is 558 g/mol. The van der Waals surface area contributed by atoms with E-state index in [-0.39, 0.29) is 13.0 Å². The second-order valence-electron chi connectivity index (χ2n) is 13.2. The van der Waals surface area contributed by atoms with Gasteiger partial charge >= 0.3 is 12.1 Å². The van der Waals surface area contributed by atoms with Gasteiger partial charge in [0.15, 0.2) is 5.75 Å². The van der Waals surface area contributed by atoms with Crippen molar-refractivity contribution in [1.29, 1.82) is 0 Å². The second-order valence-corrected chi connectivity index (χ2v) is 13.7. The van der Waals surface area contributed by atoms with Crippen LogP contribution in [0.25, 0.3) is 0 Å². The minimum Gasteiger partial charge on any atom is -0.462 e. The number of hydrogen-bond acceptors (Lipinski definition) is 8. The molecule has 1 N–H and O–H groups in total. The maximum atomic E-state index is 13.7. The summed E-state index contributed by atoms with van der Waals surface area (Å²) in [5.41, 5.74) is -1.48. The van der Waals surface area contributed by atoms with Crippen molar-refractivity contribution >= 4 is 35.2 Å². The molecule has 10 heteroatoms. The summed E-state index contributed by atoms with van der Waals surface area (Å²) in [5.74, 6) is 1.40. The lowest BCUT2D eigenvalue weighted by Gasteiger charge is -2.48. The molecule has 1 amide bonds. The third kappa shape index (κ3) is 7.36. The van der Waals surface area contributed by atoms with Crippen LogP contribution in [0.5, 0.6) is 11.5 Å². The fourth-order valence-electron chi connectivity index (χ4n) is 5.29.